The summed E-state index contributed by atoms with van der Waals surface area (Å²) in [5.41, 5.74) is 0.938. The van der Waals surface area contributed by atoms with Gasteiger partial charge in [0.05, 0.1) is 31.0 Å². The lowest BCUT2D eigenvalue weighted by Crippen LogP contribution is -2.58. The van der Waals surface area contributed by atoms with Crippen LogP contribution in [0.1, 0.15) is 98.6 Å². The number of carbonyl (C=O) groups excluding carboxylic acids is 1. The van der Waals surface area contributed by atoms with Gasteiger partial charge in [0.25, 0.3) is 0 Å². The van der Waals surface area contributed by atoms with E-state index in [2.05, 4.69) is 39.6 Å². The Morgan fingerprint density at radius 2 is 1.88 bits per heavy atom. The molecule has 2 N–H and O–H groups in total. The van der Waals surface area contributed by atoms with E-state index < -0.39 is 6.10 Å². The van der Waals surface area contributed by atoms with Gasteiger partial charge in [-0.3, -0.25) is 9.78 Å². The standard InChI is InChI=1S/C35H49N2O4/c1-21-17-24(19-37(22(2)38)18-23-9-7-8-16-36-23)41-29-28(21)32(5)14-15-35-20-34(35)13-12-27(39)31(3,4)25(34)10-11-26(35)33(32,6)30(29)40/h7-9,16,21,25,27-28,30,39-40H,10-15,17-20H2,1-6H3/t21-,25+,27?,28+,30+,32-,33-,34-,35+/m1/s1. The Labute approximate surface area is 246 Å². The van der Waals surface area contributed by atoms with Gasteiger partial charge in [0.15, 0.2) is 0 Å². The van der Waals surface area contributed by atoms with Crippen molar-refractivity contribution < 1.29 is 19.7 Å². The third kappa shape index (κ3) is 3.53. The number of nitrogens with zero attached hydrogens (tertiary/aromatic N) is 2. The molecular weight excluding hydrogens is 512 g/mol. The summed E-state index contributed by atoms with van der Waals surface area (Å²) in [5, 5.41) is 23.3. The molecule has 1 aromatic rings. The number of hydrogen-bond donors (Lipinski definition) is 2. The average molecular weight is 562 g/mol. The summed E-state index contributed by atoms with van der Waals surface area (Å²) in [4.78, 5) is 18.9. The number of fused-ring (bicyclic) bond motifs is 4. The number of ether oxygens (including phenoxy) is 1. The third-order valence-corrected chi connectivity index (χ3v) is 14.0. The first-order chi connectivity index (χ1) is 19.3. The largest absolute Gasteiger partial charge is 0.393 e. The summed E-state index contributed by atoms with van der Waals surface area (Å²) in [6.07, 6.45) is 11.2. The second kappa shape index (κ2) is 9.01. The number of rotatable bonds is 4. The number of aliphatic hydroxyl groups excluding tert-OH is 2. The predicted molar refractivity (Wildman–Crippen MR) is 156 cm³/mol. The van der Waals surface area contributed by atoms with Crippen molar-refractivity contribution in [1.82, 2.24) is 9.88 Å². The van der Waals surface area contributed by atoms with Crippen LogP contribution in [0.5, 0.6) is 0 Å². The summed E-state index contributed by atoms with van der Waals surface area (Å²) in [5.74, 6) is 2.71. The molecule has 1 amide bonds. The number of hydrogen-bond acceptors (Lipinski definition) is 5. The molecule has 1 unspecified atom stereocenters. The maximum absolute atomic E-state index is 12.6. The van der Waals surface area contributed by atoms with Crippen molar-refractivity contribution in [3.05, 3.63) is 48.2 Å². The van der Waals surface area contributed by atoms with Crippen LogP contribution in [-0.2, 0) is 16.1 Å². The second-order valence-electron chi connectivity index (χ2n) is 15.8. The third-order valence-electron chi connectivity index (χ3n) is 14.0. The molecule has 7 rings (SSSR count). The van der Waals surface area contributed by atoms with Gasteiger partial charge in [-0.05, 0) is 103 Å². The van der Waals surface area contributed by atoms with Crippen LogP contribution >= 0.6 is 0 Å². The maximum atomic E-state index is 12.6. The molecule has 6 aliphatic rings. The first-order valence-electron chi connectivity index (χ1n) is 16.1. The molecule has 9 atom stereocenters. The number of carbonyl (C=O) groups is 1. The van der Waals surface area contributed by atoms with Gasteiger partial charge in [-0.2, -0.15) is 0 Å². The van der Waals surface area contributed by atoms with Crippen molar-refractivity contribution in [3.8, 4) is 0 Å². The molecule has 41 heavy (non-hydrogen) atoms. The SMILES string of the molecule is CC(=O)N(C[C]1C[C@@H](C)[C@H]2[C](O1)[C@H](O)[C@@]1(C)[C]3CC[C@H]4C(C)(C)C(O)CC[C@@]45C[C@@]35CC[C@]21C)Cc1ccccn1. The van der Waals surface area contributed by atoms with E-state index in [4.69, 9.17) is 4.74 Å². The summed E-state index contributed by atoms with van der Waals surface area (Å²) in [6.45, 7) is 14.2. The van der Waals surface area contributed by atoms with Crippen LogP contribution in [0.2, 0.25) is 0 Å². The lowest BCUT2D eigenvalue weighted by atomic mass is 9.41. The minimum atomic E-state index is -0.639. The highest BCUT2D eigenvalue weighted by molar-refractivity contribution is 5.73. The van der Waals surface area contributed by atoms with Crippen molar-refractivity contribution in [2.75, 3.05) is 6.54 Å². The molecule has 5 aliphatic carbocycles. The van der Waals surface area contributed by atoms with Gasteiger partial charge in [0.1, 0.15) is 12.2 Å². The zero-order chi connectivity index (χ0) is 29.2. The van der Waals surface area contributed by atoms with Crippen LogP contribution in [-0.4, -0.2) is 44.8 Å². The summed E-state index contributed by atoms with van der Waals surface area (Å²) in [6, 6.07) is 5.78. The highest BCUT2D eigenvalue weighted by Crippen LogP contribution is 2.90. The van der Waals surface area contributed by atoms with E-state index in [9.17, 15) is 15.0 Å². The highest BCUT2D eigenvalue weighted by atomic mass is 16.5. The molecule has 1 aromatic heterocycles. The molecular formula is C35H49N2O4. The molecule has 1 aliphatic heterocycles. The quantitative estimate of drug-likeness (QED) is 0.479. The number of aromatic nitrogens is 1. The van der Waals surface area contributed by atoms with E-state index in [1.54, 1.807) is 23.9 Å². The predicted octanol–water partition coefficient (Wildman–Crippen LogP) is 5.89. The summed E-state index contributed by atoms with van der Waals surface area (Å²) in [7, 11) is 0. The zero-order valence-electron chi connectivity index (χ0n) is 25.9. The Kier molecular flexibility index (Phi) is 6.22. The Morgan fingerprint density at radius 3 is 2.59 bits per heavy atom. The zero-order valence-corrected chi connectivity index (χ0v) is 25.9. The average Bonchev–Trinajstić information content (AvgIpc) is 3.56. The van der Waals surface area contributed by atoms with E-state index in [-0.39, 0.29) is 39.6 Å². The van der Waals surface area contributed by atoms with Crippen molar-refractivity contribution >= 4 is 5.91 Å². The molecule has 223 valence electrons. The lowest BCUT2D eigenvalue weighted by Gasteiger charge is -2.63. The van der Waals surface area contributed by atoms with E-state index in [1.807, 2.05) is 18.2 Å². The van der Waals surface area contributed by atoms with Crippen LogP contribution in [0.15, 0.2) is 24.4 Å². The van der Waals surface area contributed by atoms with E-state index in [0.29, 0.717) is 30.3 Å². The van der Waals surface area contributed by atoms with Crippen LogP contribution < -0.4 is 0 Å². The summed E-state index contributed by atoms with van der Waals surface area (Å²) >= 11 is 0. The highest BCUT2D eigenvalue weighted by Gasteiger charge is 2.85. The molecule has 6 heteroatoms. The summed E-state index contributed by atoms with van der Waals surface area (Å²) < 4.78 is 6.73. The Hall–Kier alpha value is -1.50. The van der Waals surface area contributed by atoms with Gasteiger partial charge in [-0.15, -0.1) is 0 Å². The van der Waals surface area contributed by atoms with Crippen LogP contribution in [0.3, 0.4) is 0 Å². The molecule has 0 bridgehead atoms. The van der Waals surface area contributed by atoms with E-state index in [0.717, 1.165) is 56.4 Å². The smallest absolute Gasteiger partial charge is 0.219 e. The van der Waals surface area contributed by atoms with E-state index >= 15 is 0 Å². The lowest BCUT2D eigenvalue weighted by molar-refractivity contribution is -0.131. The Bertz CT molecular complexity index is 1210. The first kappa shape index (κ1) is 28.3. The monoisotopic (exact) mass is 561 g/mol. The topological polar surface area (TPSA) is 82.9 Å². The van der Waals surface area contributed by atoms with Crippen molar-refractivity contribution in [3.63, 3.8) is 0 Å². The van der Waals surface area contributed by atoms with Gasteiger partial charge in [0, 0.05) is 24.5 Å². The first-order valence-corrected chi connectivity index (χ1v) is 16.1. The fraction of sp³-hybridized carbons (Fsp3) is 0.743. The molecule has 1 saturated heterocycles. The van der Waals surface area contributed by atoms with E-state index in [1.165, 1.54) is 12.8 Å². The normalized spacial score (nSPS) is 47.0. The molecule has 2 spiro atoms. The molecule has 2 heterocycles. The minimum absolute atomic E-state index is 0.0000869. The number of aliphatic hydroxyl groups is 2. The van der Waals surface area contributed by atoms with Crippen molar-refractivity contribution in [2.24, 2.45) is 44.8 Å². The fourth-order valence-electron chi connectivity index (χ4n) is 11.8. The Balaban J connectivity index is 1.16. The number of amides is 1. The minimum Gasteiger partial charge on any atom is -0.393 e. The molecule has 6 fully saturated rings. The van der Waals surface area contributed by atoms with Crippen LogP contribution in [0.25, 0.3) is 0 Å². The van der Waals surface area contributed by atoms with Gasteiger partial charge >= 0.3 is 0 Å². The maximum Gasteiger partial charge on any atom is 0.219 e. The molecule has 3 radical (unpaired) electrons. The van der Waals surface area contributed by atoms with Gasteiger partial charge in [-0.25, -0.2) is 0 Å². The Morgan fingerprint density at radius 1 is 1.10 bits per heavy atom. The molecule has 5 saturated carbocycles. The molecule has 6 nitrogen and oxygen atoms in total. The fourth-order valence-corrected chi connectivity index (χ4v) is 11.8. The van der Waals surface area contributed by atoms with Gasteiger partial charge < -0.3 is 19.8 Å². The second-order valence-corrected chi connectivity index (χ2v) is 15.8. The molecule has 0 aromatic carbocycles. The van der Waals surface area contributed by atoms with Crippen molar-refractivity contribution in [2.45, 2.75) is 112 Å². The van der Waals surface area contributed by atoms with Crippen molar-refractivity contribution in [1.29, 1.82) is 0 Å². The number of pyridine rings is 1. The van der Waals surface area contributed by atoms with Gasteiger partial charge in [-0.1, -0.05) is 40.7 Å². The van der Waals surface area contributed by atoms with Crippen LogP contribution in [0, 0.1) is 63.0 Å². The van der Waals surface area contributed by atoms with Crippen LogP contribution in [0.4, 0.5) is 0 Å². The van der Waals surface area contributed by atoms with Gasteiger partial charge in [0.2, 0.25) is 5.91 Å².